The molecule has 158 valence electrons. The number of nitrogens with zero attached hydrogens (tertiary/aromatic N) is 3. The highest BCUT2D eigenvalue weighted by Crippen LogP contribution is 2.37. The van der Waals surface area contributed by atoms with Crippen molar-refractivity contribution in [1.29, 1.82) is 0 Å². The average Bonchev–Trinajstić information content (AvgIpc) is 3.45. The van der Waals surface area contributed by atoms with Gasteiger partial charge in [0.2, 0.25) is 11.8 Å². The van der Waals surface area contributed by atoms with Crippen molar-refractivity contribution in [2.45, 2.75) is 24.9 Å². The molecule has 1 unspecified atom stereocenters. The summed E-state index contributed by atoms with van der Waals surface area (Å²) in [4.78, 5) is 27.5. The Hall–Kier alpha value is -3.13. The van der Waals surface area contributed by atoms with Crippen LogP contribution in [0.25, 0.3) is 5.69 Å². The monoisotopic (exact) mass is 436 g/mol. The predicted molar refractivity (Wildman–Crippen MR) is 119 cm³/mol. The Morgan fingerprint density at radius 2 is 1.94 bits per heavy atom. The van der Waals surface area contributed by atoms with Crippen LogP contribution in [0, 0.1) is 18.7 Å². The van der Waals surface area contributed by atoms with Crippen LogP contribution in [0.15, 0.2) is 48.5 Å². The molecule has 6 nitrogen and oxygen atoms in total. The first kappa shape index (κ1) is 19.8. The zero-order valence-electron chi connectivity index (χ0n) is 17.0. The third kappa shape index (κ3) is 3.61. The molecule has 0 bridgehead atoms. The number of carbonyl (C=O) groups is 2. The summed E-state index contributed by atoms with van der Waals surface area (Å²) < 4.78 is 15.0. The van der Waals surface area contributed by atoms with Gasteiger partial charge in [0, 0.05) is 35.7 Å². The summed E-state index contributed by atoms with van der Waals surface area (Å²) in [6.07, 6.45) is 0.168. The molecular formula is C23H21FN4O2S. The van der Waals surface area contributed by atoms with Crippen molar-refractivity contribution in [3.63, 3.8) is 0 Å². The van der Waals surface area contributed by atoms with Gasteiger partial charge in [0.25, 0.3) is 0 Å². The van der Waals surface area contributed by atoms with Crippen molar-refractivity contribution in [1.82, 2.24) is 9.78 Å². The van der Waals surface area contributed by atoms with E-state index >= 15 is 0 Å². The molecule has 0 saturated carbocycles. The minimum absolute atomic E-state index is 0.0534. The third-order valence-corrected chi connectivity index (χ3v) is 6.74. The summed E-state index contributed by atoms with van der Waals surface area (Å²) in [5.41, 5.74) is 4.44. The number of aryl methyl sites for hydroxylation is 1. The van der Waals surface area contributed by atoms with E-state index in [9.17, 15) is 14.0 Å². The van der Waals surface area contributed by atoms with Gasteiger partial charge in [-0.05, 0) is 42.8 Å². The van der Waals surface area contributed by atoms with Gasteiger partial charge < -0.3 is 10.2 Å². The number of hydrogen-bond acceptors (Lipinski definition) is 4. The quantitative estimate of drug-likeness (QED) is 0.670. The number of rotatable bonds is 4. The number of benzene rings is 2. The number of nitrogens with one attached hydrogen (secondary N) is 1. The lowest BCUT2D eigenvalue weighted by atomic mass is 10.1. The molecule has 5 rings (SSSR count). The maximum absolute atomic E-state index is 13.4. The van der Waals surface area contributed by atoms with Gasteiger partial charge in [0.15, 0.2) is 0 Å². The van der Waals surface area contributed by atoms with Gasteiger partial charge >= 0.3 is 0 Å². The predicted octanol–water partition coefficient (Wildman–Crippen LogP) is 4.06. The third-order valence-electron chi connectivity index (χ3n) is 5.77. The van der Waals surface area contributed by atoms with E-state index in [1.807, 2.05) is 31.2 Å². The normalized spacial score (nSPS) is 17.8. The Bertz CT molecular complexity index is 1170. The van der Waals surface area contributed by atoms with E-state index in [0.717, 1.165) is 34.0 Å². The van der Waals surface area contributed by atoms with Crippen LogP contribution in [0.3, 0.4) is 0 Å². The molecule has 2 amide bonds. The summed E-state index contributed by atoms with van der Waals surface area (Å²) in [6, 6.07) is 13.7. The van der Waals surface area contributed by atoms with Crippen molar-refractivity contribution >= 4 is 35.1 Å². The van der Waals surface area contributed by atoms with Crippen LogP contribution in [0.1, 0.15) is 23.2 Å². The summed E-state index contributed by atoms with van der Waals surface area (Å²) in [6.45, 7) is 2.30. The molecule has 0 aliphatic carbocycles. The van der Waals surface area contributed by atoms with Gasteiger partial charge in [0.05, 0.1) is 17.3 Å². The molecule has 1 saturated heterocycles. The number of aromatic nitrogens is 2. The van der Waals surface area contributed by atoms with Gasteiger partial charge in [-0.25, -0.2) is 9.07 Å². The zero-order chi connectivity index (χ0) is 21.5. The SMILES string of the molecule is Cc1ccccc1N1CC(C(=O)Nc2c3c(nn2-c2ccc(F)cc2)CSC3)CC1=O. The number of anilines is 2. The Morgan fingerprint density at radius 1 is 1.16 bits per heavy atom. The van der Waals surface area contributed by atoms with Gasteiger partial charge in [-0.2, -0.15) is 16.9 Å². The summed E-state index contributed by atoms with van der Waals surface area (Å²) >= 11 is 1.74. The van der Waals surface area contributed by atoms with E-state index in [-0.39, 0.29) is 24.1 Å². The van der Waals surface area contributed by atoms with Crippen molar-refractivity contribution < 1.29 is 14.0 Å². The minimum Gasteiger partial charge on any atom is -0.311 e. The smallest absolute Gasteiger partial charge is 0.230 e. The van der Waals surface area contributed by atoms with Crippen LogP contribution >= 0.6 is 11.8 Å². The largest absolute Gasteiger partial charge is 0.311 e. The van der Waals surface area contributed by atoms with Crippen molar-refractivity contribution in [3.8, 4) is 5.69 Å². The van der Waals surface area contributed by atoms with Crippen molar-refractivity contribution in [2.75, 3.05) is 16.8 Å². The molecule has 31 heavy (non-hydrogen) atoms. The molecule has 0 spiro atoms. The molecule has 2 aliphatic heterocycles. The second-order valence-corrected chi connectivity index (χ2v) is 8.82. The van der Waals surface area contributed by atoms with Crippen LogP contribution in [-0.4, -0.2) is 28.1 Å². The number of carbonyl (C=O) groups excluding carboxylic acids is 2. The topological polar surface area (TPSA) is 67.2 Å². The van der Waals surface area contributed by atoms with E-state index in [2.05, 4.69) is 10.4 Å². The number of para-hydroxylation sites is 1. The van der Waals surface area contributed by atoms with Crippen LogP contribution in [0.4, 0.5) is 15.9 Å². The molecule has 3 aromatic rings. The fourth-order valence-electron chi connectivity index (χ4n) is 4.11. The number of thioether (sulfide) groups is 1. The van der Waals surface area contributed by atoms with Gasteiger partial charge in [-0.1, -0.05) is 18.2 Å². The Balaban J connectivity index is 1.40. The molecule has 2 aliphatic rings. The Labute approximate surface area is 183 Å². The van der Waals surface area contributed by atoms with Crippen LogP contribution < -0.4 is 10.2 Å². The number of amides is 2. The first-order valence-corrected chi connectivity index (χ1v) is 11.3. The van der Waals surface area contributed by atoms with Gasteiger partial charge in [0.1, 0.15) is 11.6 Å². The van der Waals surface area contributed by atoms with E-state index < -0.39 is 5.92 Å². The van der Waals surface area contributed by atoms with E-state index in [0.29, 0.717) is 18.1 Å². The van der Waals surface area contributed by atoms with Gasteiger partial charge in [-0.15, -0.1) is 0 Å². The van der Waals surface area contributed by atoms with Gasteiger partial charge in [-0.3, -0.25) is 9.59 Å². The van der Waals surface area contributed by atoms with E-state index in [4.69, 9.17) is 0 Å². The minimum atomic E-state index is -0.451. The second-order valence-electron chi connectivity index (χ2n) is 7.84. The fourth-order valence-corrected chi connectivity index (χ4v) is 5.15. The number of halogens is 1. The highest BCUT2D eigenvalue weighted by atomic mass is 32.2. The lowest BCUT2D eigenvalue weighted by Crippen LogP contribution is -2.29. The summed E-state index contributed by atoms with van der Waals surface area (Å²) in [5.74, 6) is 1.10. The fraction of sp³-hybridized carbons (Fsp3) is 0.261. The molecule has 2 aromatic carbocycles. The standard InChI is InChI=1S/C23H21FN4O2S/c1-14-4-2-3-5-20(14)27-11-15(10-21(27)29)23(30)25-22-18-12-31-13-19(18)26-28(22)17-8-6-16(24)7-9-17/h2-9,15H,10-13H2,1H3,(H,25,30). The highest BCUT2D eigenvalue weighted by molar-refractivity contribution is 7.98. The van der Waals surface area contributed by atoms with E-state index in [1.165, 1.54) is 12.1 Å². The first-order chi connectivity index (χ1) is 15.0. The average molecular weight is 437 g/mol. The lowest BCUT2D eigenvalue weighted by molar-refractivity contribution is -0.122. The molecule has 1 fully saturated rings. The maximum Gasteiger partial charge on any atom is 0.230 e. The molecule has 1 aromatic heterocycles. The van der Waals surface area contributed by atoms with Crippen LogP contribution in [-0.2, 0) is 21.1 Å². The van der Waals surface area contributed by atoms with Crippen LogP contribution in [0.2, 0.25) is 0 Å². The Morgan fingerprint density at radius 3 is 2.71 bits per heavy atom. The molecule has 8 heteroatoms. The summed E-state index contributed by atoms with van der Waals surface area (Å²) in [5, 5.41) is 7.67. The molecule has 1 atom stereocenters. The summed E-state index contributed by atoms with van der Waals surface area (Å²) in [7, 11) is 0. The maximum atomic E-state index is 13.4. The molecule has 3 heterocycles. The Kier molecular flexibility index (Phi) is 5.02. The van der Waals surface area contributed by atoms with Crippen molar-refractivity contribution in [3.05, 3.63) is 71.2 Å². The van der Waals surface area contributed by atoms with Crippen LogP contribution in [0.5, 0.6) is 0 Å². The zero-order valence-corrected chi connectivity index (χ0v) is 17.8. The first-order valence-electron chi connectivity index (χ1n) is 10.1. The number of hydrogen-bond donors (Lipinski definition) is 1. The lowest BCUT2D eigenvalue weighted by Gasteiger charge is -2.19. The molecule has 1 N–H and O–H groups in total. The molecule has 0 radical (unpaired) electrons. The second kappa shape index (κ2) is 7.85. The highest BCUT2D eigenvalue weighted by Gasteiger charge is 2.36. The van der Waals surface area contributed by atoms with E-state index in [1.54, 1.807) is 33.5 Å². The van der Waals surface area contributed by atoms with Crippen molar-refractivity contribution in [2.24, 2.45) is 5.92 Å². The molecular weight excluding hydrogens is 415 g/mol. The number of fused-ring (bicyclic) bond motifs is 1.